The van der Waals surface area contributed by atoms with Gasteiger partial charge in [0.05, 0.1) is 16.6 Å². The Morgan fingerprint density at radius 3 is 2.24 bits per heavy atom. The number of rotatable bonds is 8. The highest BCUT2D eigenvalue weighted by molar-refractivity contribution is 5.97. The van der Waals surface area contributed by atoms with Crippen LogP contribution in [-0.2, 0) is 5.41 Å². The van der Waals surface area contributed by atoms with Gasteiger partial charge in [-0.3, -0.25) is 9.69 Å². The number of carbonyl (C=O) groups is 2. The number of para-hydroxylation sites is 2. The van der Waals surface area contributed by atoms with Gasteiger partial charge in [-0.2, -0.15) is 0 Å². The number of imidazole rings is 1. The molecule has 46 heavy (non-hydrogen) atoms. The minimum Gasteiger partial charge on any atom is -0.478 e. The quantitative estimate of drug-likeness (QED) is 0.220. The lowest BCUT2D eigenvalue weighted by molar-refractivity contribution is 0.0607. The van der Waals surface area contributed by atoms with Gasteiger partial charge in [-0.05, 0) is 111 Å². The molecule has 7 nitrogen and oxygen atoms in total. The van der Waals surface area contributed by atoms with Crippen LogP contribution >= 0.6 is 0 Å². The number of carbonyl (C=O) groups excluding carboxylic acids is 1. The number of likely N-dealkylation sites (tertiary alicyclic amines) is 1. The van der Waals surface area contributed by atoms with Crippen molar-refractivity contribution in [2.24, 2.45) is 0 Å². The lowest BCUT2D eigenvalue weighted by Gasteiger charge is -2.46. The van der Waals surface area contributed by atoms with E-state index in [1.165, 1.54) is 54.5 Å². The summed E-state index contributed by atoms with van der Waals surface area (Å²) in [7, 11) is 0. The first-order valence-electron chi connectivity index (χ1n) is 17.1. The number of hydrogen-bond acceptors (Lipinski definition) is 4. The maximum Gasteiger partial charge on any atom is 0.335 e. The number of nitrogens with zero attached hydrogens (tertiary/aromatic N) is 4. The number of piperidine rings is 2. The van der Waals surface area contributed by atoms with Crippen LogP contribution < -0.4 is 0 Å². The maximum atomic E-state index is 13.5. The van der Waals surface area contributed by atoms with Gasteiger partial charge in [-0.25, -0.2) is 9.78 Å². The molecule has 7 heteroatoms. The third-order valence-electron chi connectivity index (χ3n) is 11.4. The molecule has 0 unspecified atom stereocenters. The molecule has 0 radical (unpaired) electrons. The molecule has 3 aromatic carbocycles. The van der Waals surface area contributed by atoms with Crippen LogP contribution in [0.1, 0.15) is 108 Å². The summed E-state index contributed by atoms with van der Waals surface area (Å²) in [4.78, 5) is 34.6. The molecule has 3 saturated heterocycles. The van der Waals surface area contributed by atoms with Crippen molar-refractivity contribution in [2.45, 2.75) is 95.2 Å². The minimum atomic E-state index is -1.01. The first-order chi connectivity index (χ1) is 22.2. The number of fused-ring (bicyclic) bond motifs is 3. The third kappa shape index (κ3) is 5.63. The SMILES string of the molecule is Cc1nc2ccccc2n1[C@H]1C[C@H]2CC[C@@H](C1)N2CCC1(c2ccc(C(C)C)cc2)CCN(C(=O)c2cccc(C(=O)O)c2)CC1. The highest BCUT2D eigenvalue weighted by Gasteiger charge is 2.44. The molecule has 7 rings (SSSR count). The van der Waals surface area contributed by atoms with E-state index in [-0.39, 0.29) is 16.9 Å². The van der Waals surface area contributed by atoms with Gasteiger partial charge in [0.1, 0.15) is 5.82 Å². The Morgan fingerprint density at radius 2 is 1.57 bits per heavy atom. The second kappa shape index (κ2) is 12.3. The number of carboxylic acids is 1. The van der Waals surface area contributed by atoms with Crippen molar-refractivity contribution in [3.8, 4) is 0 Å². The lowest BCUT2D eigenvalue weighted by atomic mass is 9.70. The Labute approximate surface area is 272 Å². The van der Waals surface area contributed by atoms with E-state index in [9.17, 15) is 14.7 Å². The van der Waals surface area contributed by atoms with Crippen molar-refractivity contribution in [2.75, 3.05) is 19.6 Å². The van der Waals surface area contributed by atoms with Crippen molar-refractivity contribution in [1.82, 2.24) is 19.4 Å². The summed E-state index contributed by atoms with van der Waals surface area (Å²) in [5, 5.41) is 9.44. The van der Waals surface area contributed by atoms with E-state index in [1.54, 1.807) is 12.1 Å². The van der Waals surface area contributed by atoms with Crippen LogP contribution in [-0.4, -0.2) is 68.1 Å². The van der Waals surface area contributed by atoms with E-state index in [0.29, 0.717) is 42.7 Å². The Kier molecular flexibility index (Phi) is 8.22. The van der Waals surface area contributed by atoms with Gasteiger partial charge < -0.3 is 14.6 Å². The molecule has 0 saturated carbocycles. The van der Waals surface area contributed by atoms with Crippen molar-refractivity contribution in [3.05, 3.63) is 101 Å². The van der Waals surface area contributed by atoms with Gasteiger partial charge >= 0.3 is 5.97 Å². The highest BCUT2D eigenvalue weighted by atomic mass is 16.4. The second-order valence-electron chi connectivity index (χ2n) is 14.3. The average Bonchev–Trinajstić information content (AvgIpc) is 3.53. The second-order valence-corrected chi connectivity index (χ2v) is 14.3. The summed E-state index contributed by atoms with van der Waals surface area (Å²) >= 11 is 0. The molecule has 1 amide bonds. The molecule has 3 aliphatic rings. The monoisotopic (exact) mass is 618 g/mol. The lowest BCUT2D eigenvalue weighted by Crippen LogP contribution is -2.49. The predicted octanol–water partition coefficient (Wildman–Crippen LogP) is 7.60. The van der Waals surface area contributed by atoms with Gasteiger partial charge in [0.15, 0.2) is 0 Å². The Hall–Kier alpha value is -3.97. The van der Waals surface area contributed by atoms with Crippen LogP contribution in [0.25, 0.3) is 11.0 Å². The highest BCUT2D eigenvalue weighted by Crippen LogP contribution is 2.45. The van der Waals surface area contributed by atoms with E-state index in [1.807, 2.05) is 4.90 Å². The van der Waals surface area contributed by atoms with Gasteiger partial charge in [-0.1, -0.05) is 56.3 Å². The predicted molar refractivity (Wildman–Crippen MR) is 182 cm³/mol. The Balaban J connectivity index is 1.08. The number of hydrogen-bond donors (Lipinski definition) is 1. The number of aromatic carboxylic acids is 1. The first kappa shape index (κ1) is 30.7. The number of amides is 1. The normalized spacial score (nSPS) is 22.9. The van der Waals surface area contributed by atoms with E-state index in [2.05, 4.69) is 78.8 Å². The van der Waals surface area contributed by atoms with E-state index < -0.39 is 5.97 Å². The molecule has 4 heterocycles. The summed E-state index contributed by atoms with van der Waals surface area (Å²) < 4.78 is 2.51. The molecule has 240 valence electrons. The van der Waals surface area contributed by atoms with Gasteiger partial charge in [0, 0.05) is 36.8 Å². The van der Waals surface area contributed by atoms with E-state index in [0.717, 1.165) is 37.1 Å². The van der Waals surface area contributed by atoms with Crippen molar-refractivity contribution >= 4 is 22.9 Å². The van der Waals surface area contributed by atoms with Crippen LogP contribution in [0.2, 0.25) is 0 Å². The standard InChI is InChI=1S/C39H46N4O3/c1-26(2)28-11-13-31(14-12-28)39(17-20-41(21-18-39)37(44)29-7-6-8-30(23-29)38(45)46)19-22-42-32-15-16-33(42)25-34(24-32)43-27(3)40-35-9-4-5-10-36(35)43/h4-14,23,26,32-34H,15-22,24-25H2,1-3H3,(H,45,46)/t32-,33+,34+. The Bertz CT molecular complexity index is 1720. The molecule has 3 atom stereocenters. The maximum absolute atomic E-state index is 13.5. The summed E-state index contributed by atoms with van der Waals surface area (Å²) in [5.41, 5.74) is 5.71. The van der Waals surface area contributed by atoms with Gasteiger partial charge in [-0.15, -0.1) is 0 Å². The summed E-state index contributed by atoms with van der Waals surface area (Å²) in [6.07, 6.45) is 7.77. The minimum absolute atomic E-state index is 0.00261. The molecular weight excluding hydrogens is 572 g/mol. The molecule has 1 aromatic heterocycles. The average molecular weight is 619 g/mol. The smallest absolute Gasteiger partial charge is 0.335 e. The van der Waals surface area contributed by atoms with Crippen LogP contribution in [0.3, 0.4) is 0 Å². The van der Waals surface area contributed by atoms with Gasteiger partial charge in [0.25, 0.3) is 5.91 Å². The fourth-order valence-electron chi connectivity index (χ4n) is 8.80. The largest absolute Gasteiger partial charge is 0.478 e. The topological polar surface area (TPSA) is 78.7 Å². The zero-order chi connectivity index (χ0) is 32.0. The number of benzene rings is 3. The number of aryl methyl sites for hydroxylation is 1. The molecule has 3 fully saturated rings. The van der Waals surface area contributed by atoms with Gasteiger partial charge in [0.2, 0.25) is 0 Å². The molecule has 1 N–H and O–H groups in total. The fourth-order valence-corrected chi connectivity index (χ4v) is 8.80. The molecule has 4 aromatic rings. The van der Waals surface area contributed by atoms with Crippen molar-refractivity contribution in [1.29, 1.82) is 0 Å². The number of carboxylic acid groups (broad SMARTS) is 1. The van der Waals surface area contributed by atoms with E-state index in [4.69, 9.17) is 4.98 Å². The fraction of sp³-hybridized carbons (Fsp3) is 0.462. The zero-order valence-electron chi connectivity index (χ0n) is 27.4. The summed E-state index contributed by atoms with van der Waals surface area (Å²) in [6.45, 7) is 9.05. The van der Waals surface area contributed by atoms with Crippen LogP contribution in [0.5, 0.6) is 0 Å². The molecular formula is C39H46N4O3. The van der Waals surface area contributed by atoms with Crippen LogP contribution in [0.15, 0.2) is 72.8 Å². The summed E-state index contributed by atoms with van der Waals surface area (Å²) in [6, 6.07) is 25.9. The van der Waals surface area contributed by atoms with E-state index >= 15 is 0 Å². The molecule has 0 aliphatic carbocycles. The van der Waals surface area contributed by atoms with Crippen LogP contribution in [0.4, 0.5) is 0 Å². The third-order valence-corrected chi connectivity index (χ3v) is 11.4. The van der Waals surface area contributed by atoms with Crippen LogP contribution in [0, 0.1) is 6.92 Å². The summed E-state index contributed by atoms with van der Waals surface area (Å²) in [5.74, 6) is 0.524. The van der Waals surface area contributed by atoms with Crippen molar-refractivity contribution < 1.29 is 14.7 Å². The molecule has 3 aliphatic heterocycles. The zero-order valence-corrected chi connectivity index (χ0v) is 27.4. The number of aromatic nitrogens is 2. The molecule has 0 spiro atoms. The first-order valence-corrected chi connectivity index (χ1v) is 17.1. The molecule has 2 bridgehead atoms. The van der Waals surface area contributed by atoms with Crippen molar-refractivity contribution in [3.63, 3.8) is 0 Å². The Morgan fingerprint density at radius 1 is 0.891 bits per heavy atom.